The molecule has 2 rings (SSSR count). The van der Waals surface area contributed by atoms with E-state index in [1.54, 1.807) is 0 Å². The molecule has 0 bridgehead atoms. The van der Waals surface area contributed by atoms with Gasteiger partial charge in [0.1, 0.15) is 0 Å². The topological polar surface area (TPSA) is 19.0 Å². The fourth-order valence-electron chi connectivity index (χ4n) is 2.35. The molecule has 66 valence electrons. The number of fused-ring (bicyclic) bond motifs is 1. The van der Waals surface area contributed by atoms with E-state index in [-0.39, 0.29) is 0 Å². The molecule has 2 atom stereocenters. The summed E-state index contributed by atoms with van der Waals surface area (Å²) in [6, 6.07) is 3.35. The van der Waals surface area contributed by atoms with Gasteiger partial charge in [0.15, 0.2) is 0 Å². The summed E-state index contributed by atoms with van der Waals surface area (Å²) in [6.45, 7) is 7.89. The van der Waals surface area contributed by atoms with Crippen LogP contribution < -0.4 is 0 Å². The number of nitrogens with one attached hydrogen (secondary N) is 1. The summed E-state index contributed by atoms with van der Waals surface area (Å²) in [5.41, 5.74) is 2.88. The van der Waals surface area contributed by atoms with E-state index < -0.39 is 0 Å². The Morgan fingerprint density at radius 3 is 2.75 bits per heavy atom. The smallest absolute Gasteiger partial charge is 0.0479 e. The Balaban J connectivity index is 2.39. The molecule has 2 heteroatoms. The van der Waals surface area contributed by atoms with Gasteiger partial charge in [-0.05, 0) is 32.0 Å². The molecule has 1 aromatic rings. The van der Waals surface area contributed by atoms with Gasteiger partial charge < -0.3 is 4.98 Å². The summed E-state index contributed by atoms with van der Waals surface area (Å²) in [4.78, 5) is 5.82. The van der Waals surface area contributed by atoms with E-state index in [1.807, 2.05) is 6.20 Å². The van der Waals surface area contributed by atoms with Crippen molar-refractivity contribution in [2.45, 2.75) is 32.9 Å². The minimum Gasteiger partial charge on any atom is -0.363 e. The summed E-state index contributed by atoms with van der Waals surface area (Å²) >= 11 is 0. The lowest BCUT2D eigenvalue weighted by atomic mass is 10.1. The second-order valence-corrected chi connectivity index (χ2v) is 3.53. The average Bonchev–Trinajstić information content (AvgIpc) is 2.58. The zero-order chi connectivity index (χ0) is 8.72. The van der Waals surface area contributed by atoms with E-state index in [0.717, 1.165) is 6.54 Å². The lowest BCUT2D eigenvalue weighted by molar-refractivity contribution is 0.192. The molecule has 2 heterocycles. The Morgan fingerprint density at radius 1 is 1.42 bits per heavy atom. The van der Waals surface area contributed by atoms with Crippen molar-refractivity contribution in [3.63, 3.8) is 0 Å². The maximum atomic E-state index is 3.32. The van der Waals surface area contributed by atoms with Crippen LogP contribution in [0, 0.1) is 0 Å². The van der Waals surface area contributed by atoms with Crippen LogP contribution in [0.15, 0.2) is 12.3 Å². The van der Waals surface area contributed by atoms with E-state index in [1.165, 1.54) is 11.3 Å². The molecule has 0 aliphatic carbocycles. The predicted octanol–water partition coefficient (Wildman–Crippen LogP) is 2.47. The summed E-state index contributed by atoms with van der Waals surface area (Å²) in [7, 11) is 0. The minimum absolute atomic E-state index is 0.565. The van der Waals surface area contributed by atoms with Crippen LogP contribution in [0.2, 0.25) is 0 Å². The molecule has 0 fully saturated rings. The van der Waals surface area contributed by atoms with Crippen molar-refractivity contribution in [2.75, 3.05) is 6.54 Å². The standard InChI is InChI=1S/C10H16N2/c1-4-12-7(2)9-5-6-11-10(9)8(12)3/h5-8,11H,4H2,1-3H3. The Hall–Kier alpha value is -0.760. The first-order chi connectivity index (χ1) is 5.75. The van der Waals surface area contributed by atoms with Gasteiger partial charge in [-0.15, -0.1) is 0 Å². The molecule has 1 aromatic heterocycles. The van der Waals surface area contributed by atoms with Crippen molar-refractivity contribution >= 4 is 0 Å². The van der Waals surface area contributed by atoms with E-state index in [0.29, 0.717) is 12.1 Å². The second kappa shape index (κ2) is 2.63. The summed E-state index contributed by atoms with van der Waals surface area (Å²) in [6.07, 6.45) is 2.05. The summed E-state index contributed by atoms with van der Waals surface area (Å²) in [5, 5.41) is 0. The molecular formula is C10H16N2. The first-order valence-corrected chi connectivity index (χ1v) is 4.68. The van der Waals surface area contributed by atoms with Gasteiger partial charge in [-0.25, -0.2) is 0 Å². The third-order valence-corrected chi connectivity index (χ3v) is 3.04. The molecule has 0 saturated heterocycles. The van der Waals surface area contributed by atoms with Crippen LogP contribution in [0.4, 0.5) is 0 Å². The average molecular weight is 164 g/mol. The van der Waals surface area contributed by atoms with Gasteiger partial charge in [0.05, 0.1) is 0 Å². The minimum atomic E-state index is 0.565. The van der Waals surface area contributed by atoms with E-state index in [2.05, 4.69) is 36.7 Å². The number of H-pyrrole nitrogens is 1. The predicted molar refractivity (Wildman–Crippen MR) is 50.0 cm³/mol. The van der Waals surface area contributed by atoms with Crippen molar-refractivity contribution in [2.24, 2.45) is 0 Å². The molecule has 0 saturated carbocycles. The molecule has 0 amide bonds. The van der Waals surface area contributed by atoms with Crippen LogP contribution in [0.1, 0.15) is 44.1 Å². The zero-order valence-corrected chi connectivity index (χ0v) is 7.96. The molecule has 1 aliphatic rings. The third-order valence-electron chi connectivity index (χ3n) is 3.04. The summed E-state index contributed by atoms with van der Waals surface area (Å²) in [5.74, 6) is 0. The van der Waals surface area contributed by atoms with Gasteiger partial charge in [-0.1, -0.05) is 6.92 Å². The van der Waals surface area contributed by atoms with Gasteiger partial charge in [0, 0.05) is 24.0 Å². The Kier molecular flexibility index (Phi) is 1.72. The van der Waals surface area contributed by atoms with E-state index in [4.69, 9.17) is 0 Å². The SMILES string of the molecule is CCN1C(C)c2cc[nH]c2C1C. The van der Waals surface area contributed by atoms with E-state index in [9.17, 15) is 0 Å². The highest BCUT2D eigenvalue weighted by atomic mass is 15.2. The highest BCUT2D eigenvalue weighted by molar-refractivity contribution is 5.31. The summed E-state index contributed by atoms with van der Waals surface area (Å²) < 4.78 is 0. The number of hydrogen-bond acceptors (Lipinski definition) is 1. The number of hydrogen-bond donors (Lipinski definition) is 1. The molecule has 12 heavy (non-hydrogen) atoms. The van der Waals surface area contributed by atoms with Gasteiger partial charge in [-0.2, -0.15) is 0 Å². The van der Waals surface area contributed by atoms with Gasteiger partial charge >= 0.3 is 0 Å². The van der Waals surface area contributed by atoms with Crippen molar-refractivity contribution in [3.8, 4) is 0 Å². The normalized spacial score (nSPS) is 29.2. The Labute approximate surface area is 73.6 Å². The number of aromatic nitrogens is 1. The van der Waals surface area contributed by atoms with Gasteiger partial charge in [0.25, 0.3) is 0 Å². The molecule has 2 nitrogen and oxygen atoms in total. The number of aromatic amines is 1. The van der Waals surface area contributed by atoms with Crippen LogP contribution in [-0.4, -0.2) is 16.4 Å². The number of rotatable bonds is 1. The molecule has 0 spiro atoms. The molecular weight excluding hydrogens is 148 g/mol. The van der Waals surface area contributed by atoms with Crippen molar-refractivity contribution in [1.29, 1.82) is 0 Å². The fraction of sp³-hybridized carbons (Fsp3) is 0.600. The second-order valence-electron chi connectivity index (χ2n) is 3.53. The lowest BCUT2D eigenvalue weighted by Crippen LogP contribution is -2.22. The van der Waals surface area contributed by atoms with Crippen molar-refractivity contribution in [1.82, 2.24) is 9.88 Å². The molecule has 2 unspecified atom stereocenters. The first kappa shape index (κ1) is 7.87. The molecule has 0 radical (unpaired) electrons. The quantitative estimate of drug-likeness (QED) is 0.675. The third kappa shape index (κ3) is 0.845. The highest BCUT2D eigenvalue weighted by Gasteiger charge is 2.32. The van der Waals surface area contributed by atoms with Gasteiger partial charge in [0.2, 0.25) is 0 Å². The van der Waals surface area contributed by atoms with E-state index >= 15 is 0 Å². The number of nitrogens with zero attached hydrogens (tertiary/aromatic N) is 1. The zero-order valence-electron chi connectivity index (χ0n) is 7.96. The monoisotopic (exact) mass is 164 g/mol. The Morgan fingerprint density at radius 2 is 2.17 bits per heavy atom. The largest absolute Gasteiger partial charge is 0.363 e. The van der Waals surface area contributed by atoms with Crippen LogP contribution >= 0.6 is 0 Å². The molecule has 1 N–H and O–H groups in total. The van der Waals surface area contributed by atoms with Crippen LogP contribution in [-0.2, 0) is 0 Å². The highest BCUT2D eigenvalue weighted by Crippen LogP contribution is 2.39. The lowest BCUT2D eigenvalue weighted by Gasteiger charge is -2.24. The van der Waals surface area contributed by atoms with Crippen LogP contribution in [0.25, 0.3) is 0 Å². The van der Waals surface area contributed by atoms with Crippen molar-refractivity contribution < 1.29 is 0 Å². The maximum absolute atomic E-state index is 3.32. The molecule has 1 aliphatic heterocycles. The first-order valence-electron chi connectivity index (χ1n) is 4.68. The fourth-order valence-corrected chi connectivity index (χ4v) is 2.35. The van der Waals surface area contributed by atoms with Crippen molar-refractivity contribution in [3.05, 3.63) is 23.5 Å². The van der Waals surface area contributed by atoms with Crippen LogP contribution in [0.3, 0.4) is 0 Å². The van der Waals surface area contributed by atoms with Crippen LogP contribution in [0.5, 0.6) is 0 Å². The molecule has 0 aromatic carbocycles. The van der Waals surface area contributed by atoms with Gasteiger partial charge in [-0.3, -0.25) is 4.90 Å². The maximum Gasteiger partial charge on any atom is 0.0479 e. The Bertz CT molecular complexity index is 253.